The van der Waals surface area contributed by atoms with E-state index in [4.69, 9.17) is 10.5 Å². The summed E-state index contributed by atoms with van der Waals surface area (Å²) in [7, 11) is -1.67. The van der Waals surface area contributed by atoms with E-state index in [1.54, 1.807) is 32.2 Å². The number of nitrogen functional groups attached to an aromatic ring is 1. The number of nitrogens with two attached hydrogens (primary N) is 1. The average molecular weight is 257 g/mol. The molecule has 17 heavy (non-hydrogen) atoms. The van der Waals surface area contributed by atoms with Gasteiger partial charge in [-0.1, -0.05) is 12.1 Å². The maximum Gasteiger partial charge on any atom is 0.180 e. The Morgan fingerprint density at radius 3 is 2.65 bits per heavy atom. The second kappa shape index (κ2) is 6.02. The Morgan fingerprint density at radius 1 is 1.29 bits per heavy atom. The van der Waals surface area contributed by atoms with E-state index < -0.39 is 9.84 Å². The van der Waals surface area contributed by atoms with Gasteiger partial charge in [0.05, 0.1) is 16.3 Å². The number of anilines is 1. The Morgan fingerprint density at radius 2 is 2.00 bits per heavy atom. The van der Waals surface area contributed by atoms with Crippen molar-refractivity contribution in [3.05, 3.63) is 23.8 Å². The second-order valence-electron chi connectivity index (χ2n) is 4.01. The van der Waals surface area contributed by atoms with Crippen molar-refractivity contribution in [3.8, 4) is 0 Å². The Kier molecular flexibility index (Phi) is 4.96. The molecule has 2 N–H and O–H groups in total. The summed E-state index contributed by atoms with van der Waals surface area (Å²) in [5.41, 5.74) is 6.95. The van der Waals surface area contributed by atoms with E-state index in [0.29, 0.717) is 18.7 Å². The van der Waals surface area contributed by atoms with E-state index in [1.807, 2.05) is 0 Å². The predicted molar refractivity (Wildman–Crippen MR) is 68.8 cm³/mol. The molecule has 0 amide bonds. The number of para-hydroxylation sites is 1. The third-order valence-electron chi connectivity index (χ3n) is 2.63. The summed E-state index contributed by atoms with van der Waals surface area (Å²) in [5, 5.41) is 0. The lowest BCUT2D eigenvalue weighted by molar-refractivity contribution is 0.194. The molecule has 1 aromatic rings. The quantitative estimate of drug-likeness (QED) is 0.623. The molecule has 0 heterocycles. The molecule has 1 aromatic carbocycles. The van der Waals surface area contributed by atoms with Crippen LogP contribution >= 0.6 is 0 Å². The smallest absolute Gasteiger partial charge is 0.180 e. The summed E-state index contributed by atoms with van der Waals surface area (Å²) in [4.78, 5) is 0.245. The van der Waals surface area contributed by atoms with Crippen molar-refractivity contribution in [2.45, 2.75) is 24.7 Å². The fourth-order valence-corrected chi connectivity index (χ4v) is 3.16. The highest BCUT2D eigenvalue weighted by molar-refractivity contribution is 7.91. The molecule has 1 rings (SSSR count). The summed E-state index contributed by atoms with van der Waals surface area (Å²) in [5.74, 6) is 0.115. The van der Waals surface area contributed by atoms with Crippen molar-refractivity contribution >= 4 is 15.5 Å². The third kappa shape index (κ3) is 3.71. The van der Waals surface area contributed by atoms with Gasteiger partial charge in [0, 0.05) is 13.7 Å². The van der Waals surface area contributed by atoms with E-state index in [0.717, 1.165) is 12.0 Å². The Labute approximate surface area is 103 Å². The van der Waals surface area contributed by atoms with Crippen molar-refractivity contribution < 1.29 is 13.2 Å². The van der Waals surface area contributed by atoms with Crippen LogP contribution in [0.4, 0.5) is 5.69 Å². The molecule has 0 saturated carbocycles. The predicted octanol–water partition coefficient (Wildman–Crippen LogP) is 1.78. The first-order chi connectivity index (χ1) is 7.99. The van der Waals surface area contributed by atoms with Crippen LogP contribution in [0.5, 0.6) is 0 Å². The van der Waals surface area contributed by atoms with Crippen LogP contribution in [-0.4, -0.2) is 27.9 Å². The Bertz CT molecular complexity index is 469. The zero-order valence-corrected chi connectivity index (χ0v) is 11.1. The highest BCUT2D eigenvalue weighted by Gasteiger charge is 2.17. The SMILES string of the molecule is COCCCCS(=O)(=O)c1cccc(C)c1N. The van der Waals surface area contributed by atoms with Crippen LogP contribution < -0.4 is 5.73 Å². The zero-order chi connectivity index (χ0) is 12.9. The highest BCUT2D eigenvalue weighted by Crippen LogP contribution is 2.23. The van der Waals surface area contributed by atoms with Crippen molar-refractivity contribution in [1.82, 2.24) is 0 Å². The van der Waals surface area contributed by atoms with Gasteiger partial charge in [-0.2, -0.15) is 0 Å². The van der Waals surface area contributed by atoms with Crippen molar-refractivity contribution in [3.63, 3.8) is 0 Å². The van der Waals surface area contributed by atoms with Gasteiger partial charge in [0.25, 0.3) is 0 Å². The molecular formula is C12H19NO3S. The molecule has 0 radical (unpaired) electrons. The third-order valence-corrected chi connectivity index (χ3v) is 4.48. The first-order valence-corrected chi connectivity index (χ1v) is 7.21. The van der Waals surface area contributed by atoms with Gasteiger partial charge in [-0.15, -0.1) is 0 Å². The van der Waals surface area contributed by atoms with Crippen LogP contribution in [0.2, 0.25) is 0 Å². The fourth-order valence-electron chi connectivity index (χ4n) is 1.57. The van der Waals surface area contributed by atoms with Gasteiger partial charge >= 0.3 is 0 Å². The second-order valence-corrected chi connectivity index (χ2v) is 6.08. The molecular weight excluding hydrogens is 238 g/mol. The van der Waals surface area contributed by atoms with Crippen LogP contribution in [0.15, 0.2) is 23.1 Å². The molecule has 0 aliphatic heterocycles. The zero-order valence-electron chi connectivity index (χ0n) is 10.3. The molecule has 0 aliphatic carbocycles. The lowest BCUT2D eigenvalue weighted by Gasteiger charge is -2.09. The Balaban J connectivity index is 2.79. The maximum absolute atomic E-state index is 12.0. The molecule has 4 nitrogen and oxygen atoms in total. The number of ether oxygens (including phenoxy) is 1. The van der Waals surface area contributed by atoms with Crippen LogP contribution in [0, 0.1) is 6.92 Å². The van der Waals surface area contributed by atoms with E-state index in [1.165, 1.54) is 0 Å². The minimum atomic E-state index is -3.27. The molecule has 5 heteroatoms. The first-order valence-electron chi connectivity index (χ1n) is 5.56. The van der Waals surface area contributed by atoms with Gasteiger partial charge < -0.3 is 10.5 Å². The molecule has 0 bridgehead atoms. The van der Waals surface area contributed by atoms with E-state index in [-0.39, 0.29) is 10.6 Å². The number of hydrogen-bond donors (Lipinski definition) is 1. The van der Waals surface area contributed by atoms with Crippen LogP contribution in [-0.2, 0) is 14.6 Å². The number of hydrogen-bond acceptors (Lipinski definition) is 4. The molecule has 0 spiro atoms. The minimum Gasteiger partial charge on any atom is -0.397 e. The van der Waals surface area contributed by atoms with E-state index in [2.05, 4.69) is 0 Å². The molecule has 0 aromatic heterocycles. The molecule has 0 fully saturated rings. The van der Waals surface area contributed by atoms with Gasteiger partial charge in [-0.25, -0.2) is 8.42 Å². The van der Waals surface area contributed by atoms with Crippen LogP contribution in [0.25, 0.3) is 0 Å². The van der Waals surface area contributed by atoms with E-state index in [9.17, 15) is 8.42 Å². The van der Waals surface area contributed by atoms with Crippen molar-refractivity contribution in [2.24, 2.45) is 0 Å². The Hall–Kier alpha value is -1.07. The lowest BCUT2D eigenvalue weighted by atomic mass is 10.2. The number of rotatable bonds is 6. The number of sulfone groups is 1. The molecule has 96 valence electrons. The van der Waals surface area contributed by atoms with Crippen LogP contribution in [0.3, 0.4) is 0 Å². The van der Waals surface area contributed by atoms with Gasteiger partial charge in [0.1, 0.15) is 0 Å². The molecule has 0 atom stereocenters. The first kappa shape index (κ1) is 14.0. The molecule has 0 unspecified atom stereocenters. The normalized spacial score (nSPS) is 11.6. The van der Waals surface area contributed by atoms with Gasteiger partial charge in [0.15, 0.2) is 9.84 Å². The van der Waals surface area contributed by atoms with Gasteiger partial charge in [-0.3, -0.25) is 0 Å². The standard InChI is InChI=1S/C12H19NO3S/c1-10-6-5-7-11(12(10)13)17(14,15)9-4-3-8-16-2/h5-7H,3-4,8-9,13H2,1-2H3. The topological polar surface area (TPSA) is 69.4 Å². The number of methoxy groups -OCH3 is 1. The fraction of sp³-hybridized carbons (Fsp3) is 0.500. The number of benzene rings is 1. The summed E-state index contributed by atoms with van der Waals surface area (Å²) >= 11 is 0. The van der Waals surface area contributed by atoms with Crippen molar-refractivity contribution in [1.29, 1.82) is 0 Å². The summed E-state index contributed by atoms with van der Waals surface area (Å²) < 4.78 is 29.0. The van der Waals surface area contributed by atoms with Gasteiger partial charge in [-0.05, 0) is 31.4 Å². The van der Waals surface area contributed by atoms with Gasteiger partial charge in [0.2, 0.25) is 0 Å². The minimum absolute atomic E-state index is 0.115. The largest absolute Gasteiger partial charge is 0.397 e. The lowest BCUT2D eigenvalue weighted by Crippen LogP contribution is -2.10. The summed E-state index contributed by atoms with van der Waals surface area (Å²) in [6.45, 7) is 2.39. The summed E-state index contributed by atoms with van der Waals surface area (Å²) in [6, 6.07) is 5.08. The molecule has 0 aliphatic rings. The molecule has 0 saturated heterocycles. The van der Waals surface area contributed by atoms with Crippen molar-refractivity contribution in [2.75, 3.05) is 25.2 Å². The monoisotopic (exact) mass is 257 g/mol. The maximum atomic E-state index is 12.0. The average Bonchev–Trinajstić information content (AvgIpc) is 2.28. The number of unbranched alkanes of at least 4 members (excludes halogenated alkanes) is 1. The highest BCUT2D eigenvalue weighted by atomic mass is 32.2. The van der Waals surface area contributed by atoms with Crippen LogP contribution in [0.1, 0.15) is 18.4 Å². The summed E-state index contributed by atoms with van der Waals surface area (Å²) in [6.07, 6.45) is 1.32. The van der Waals surface area contributed by atoms with E-state index >= 15 is 0 Å². The number of aryl methyl sites for hydroxylation is 1.